The van der Waals surface area contributed by atoms with Gasteiger partial charge in [0.1, 0.15) is 6.04 Å². The van der Waals surface area contributed by atoms with Crippen molar-refractivity contribution in [1.29, 1.82) is 0 Å². The number of hydrogen-bond donors (Lipinski definition) is 4. The molecule has 0 radical (unpaired) electrons. The van der Waals surface area contributed by atoms with Gasteiger partial charge in [-0.3, -0.25) is 4.79 Å². The molecule has 0 unspecified atom stereocenters. The molecule has 7 nitrogen and oxygen atoms in total. The van der Waals surface area contributed by atoms with Crippen LogP contribution in [-0.4, -0.2) is 43.2 Å². The van der Waals surface area contributed by atoms with Gasteiger partial charge in [-0.05, 0) is 17.2 Å². The van der Waals surface area contributed by atoms with Crippen LogP contribution in [0.3, 0.4) is 0 Å². The molecule has 0 saturated carbocycles. The van der Waals surface area contributed by atoms with E-state index < -0.39 is 12.1 Å². The Hall–Kier alpha value is -3.32. The highest BCUT2D eigenvalue weighted by Crippen LogP contribution is 2.19. The molecule has 3 rings (SSSR count). The molecule has 1 aromatic heterocycles. The van der Waals surface area contributed by atoms with Gasteiger partial charge < -0.3 is 25.7 Å². The van der Waals surface area contributed by atoms with Gasteiger partial charge >= 0.3 is 6.03 Å². The van der Waals surface area contributed by atoms with E-state index in [9.17, 15) is 9.59 Å². The number of H-pyrrole nitrogens is 1. The molecule has 4 N–H and O–H groups in total. The van der Waals surface area contributed by atoms with E-state index >= 15 is 0 Å². The molecule has 0 aliphatic rings. The van der Waals surface area contributed by atoms with Crippen molar-refractivity contribution in [3.8, 4) is 0 Å². The third kappa shape index (κ3) is 5.83. The molecule has 3 aromatic rings. The Morgan fingerprint density at radius 1 is 1.03 bits per heavy atom. The van der Waals surface area contributed by atoms with Gasteiger partial charge in [-0.15, -0.1) is 0 Å². The minimum Gasteiger partial charge on any atom is -0.383 e. The molecule has 0 spiro atoms. The van der Waals surface area contributed by atoms with E-state index in [0.717, 1.165) is 22.0 Å². The number of aromatic nitrogens is 1. The van der Waals surface area contributed by atoms with Crippen molar-refractivity contribution >= 4 is 22.8 Å². The summed E-state index contributed by atoms with van der Waals surface area (Å²) in [4.78, 5) is 28.3. The maximum atomic E-state index is 12.9. The molecular weight excluding hydrogens is 368 g/mol. The SMILES string of the molecule is COCCNC(=O)N[C@@H](Cc1c[nH]c2ccccc12)C(=O)NCc1ccccc1. The summed E-state index contributed by atoms with van der Waals surface area (Å²) in [6.45, 7) is 1.17. The monoisotopic (exact) mass is 394 g/mol. The van der Waals surface area contributed by atoms with Crippen LogP contribution in [0, 0.1) is 0 Å². The minimum atomic E-state index is -0.708. The van der Waals surface area contributed by atoms with E-state index in [2.05, 4.69) is 20.9 Å². The van der Waals surface area contributed by atoms with Crippen LogP contribution in [0.1, 0.15) is 11.1 Å². The second-order valence-electron chi connectivity index (χ2n) is 6.71. The Balaban J connectivity index is 1.69. The summed E-state index contributed by atoms with van der Waals surface area (Å²) in [6, 6.07) is 16.4. The van der Waals surface area contributed by atoms with Gasteiger partial charge in [0.05, 0.1) is 6.61 Å². The highest BCUT2D eigenvalue weighted by molar-refractivity contribution is 5.89. The fraction of sp³-hybridized carbons (Fsp3) is 0.273. The van der Waals surface area contributed by atoms with Crippen molar-refractivity contribution in [3.63, 3.8) is 0 Å². The van der Waals surface area contributed by atoms with Crippen LogP contribution >= 0.6 is 0 Å². The molecular formula is C22H26N4O3. The topological polar surface area (TPSA) is 95.2 Å². The van der Waals surface area contributed by atoms with E-state index in [-0.39, 0.29) is 5.91 Å². The van der Waals surface area contributed by atoms with Gasteiger partial charge in [-0.2, -0.15) is 0 Å². The van der Waals surface area contributed by atoms with Crippen LogP contribution < -0.4 is 16.0 Å². The molecule has 3 amide bonds. The minimum absolute atomic E-state index is 0.235. The van der Waals surface area contributed by atoms with Crippen LogP contribution in [0.5, 0.6) is 0 Å². The van der Waals surface area contributed by atoms with Gasteiger partial charge in [-0.1, -0.05) is 48.5 Å². The fourth-order valence-electron chi connectivity index (χ4n) is 3.11. The number of urea groups is 1. The Kier molecular flexibility index (Phi) is 7.24. The number of benzene rings is 2. The van der Waals surface area contributed by atoms with Crippen molar-refractivity contribution in [2.24, 2.45) is 0 Å². The van der Waals surface area contributed by atoms with Crippen molar-refractivity contribution in [2.45, 2.75) is 19.0 Å². The molecule has 0 bridgehead atoms. The number of nitrogens with one attached hydrogen (secondary N) is 4. The van der Waals surface area contributed by atoms with E-state index in [1.807, 2.05) is 60.8 Å². The summed E-state index contributed by atoms with van der Waals surface area (Å²) in [6.07, 6.45) is 2.26. The van der Waals surface area contributed by atoms with Gasteiger partial charge in [0.15, 0.2) is 0 Å². The van der Waals surface area contributed by atoms with Crippen molar-refractivity contribution < 1.29 is 14.3 Å². The highest BCUT2D eigenvalue weighted by atomic mass is 16.5. The van der Waals surface area contributed by atoms with Crippen molar-refractivity contribution in [3.05, 3.63) is 71.9 Å². The van der Waals surface area contributed by atoms with Crippen LogP contribution in [-0.2, 0) is 22.5 Å². The van der Waals surface area contributed by atoms with Crippen molar-refractivity contribution in [2.75, 3.05) is 20.3 Å². The third-order valence-electron chi connectivity index (χ3n) is 4.62. The van der Waals surface area contributed by atoms with E-state index in [1.165, 1.54) is 0 Å². The summed E-state index contributed by atoms with van der Waals surface area (Å²) < 4.78 is 4.94. The second kappa shape index (κ2) is 10.3. The number of aromatic amines is 1. The molecule has 0 aliphatic heterocycles. The zero-order valence-electron chi connectivity index (χ0n) is 16.4. The van der Waals surface area contributed by atoms with Crippen LogP contribution in [0.4, 0.5) is 4.79 Å². The number of rotatable bonds is 9. The quantitative estimate of drug-likeness (QED) is 0.420. The normalized spacial score (nSPS) is 11.8. The molecule has 0 fully saturated rings. The fourth-order valence-corrected chi connectivity index (χ4v) is 3.11. The Bertz CT molecular complexity index is 939. The molecule has 29 heavy (non-hydrogen) atoms. The Labute approximate surface area is 169 Å². The van der Waals surface area contributed by atoms with E-state index in [4.69, 9.17) is 4.74 Å². The largest absolute Gasteiger partial charge is 0.383 e. The Morgan fingerprint density at radius 3 is 2.59 bits per heavy atom. The van der Waals surface area contributed by atoms with Gasteiger partial charge in [0.25, 0.3) is 0 Å². The Morgan fingerprint density at radius 2 is 1.79 bits per heavy atom. The lowest BCUT2D eigenvalue weighted by Crippen LogP contribution is -2.51. The molecule has 1 heterocycles. The summed E-state index contributed by atoms with van der Waals surface area (Å²) >= 11 is 0. The predicted octanol–water partition coefficient (Wildman–Crippen LogP) is 2.34. The van der Waals surface area contributed by atoms with Crippen LogP contribution in [0.2, 0.25) is 0 Å². The molecule has 0 aliphatic carbocycles. The number of carbonyl (C=O) groups excluding carboxylic acids is 2. The van der Waals surface area contributed by atoms with E-state index in [1.54, 1.807) is 7.11 Å². The van der Waals surface area contributed by atoms with Gasteiger partial charge in [0.2, 0.25) is 5.91 Å². The van der Waals surface area contributed by atoms with E-state index in [0.29, 0.717) is 26.1 Å². The summed E-state index contributed by atoms with van der Waals surface area (Å²) in [5.41, 5.74) is 2.96. The standard InChI is InChI=1S/C22H26N4O3/c1-29-12-11-23-22(28)26-20(21(27)25-14-16-7-3-2-4-8-16)13-17-15-24-19-10-6-5-9-18(17)19/h2-10,15,20,24H,11-14H2,1H3,(H,25,27)(H2,23,26,28)/t20-/m0/s1. The lowest BCUT2D eigenvalue weighted by atomic mass is 10.0. The number of para-hydroxylation sites is 1. The average molecular weight is 394 g/mol. The third-order valence-corrected chi connectivity index (χ3v) is 4.62. The smallest absolute Gasteiger partial charge is 0.315 e. The molecule has 0 saturated heterocycles. The second-order valence-corrected chi connectivity index (χ2v) is 6.71. The first-order valence-electron chi connectivity index (χ1n) is 9.57. The van der Waals surface area contributed by atoms with Gasteiger partial charge in [0, 0.05) is 43.7 Å². The number of fused-ring (bicyclic) bond motifs is 1. The number of methoxy groups -OCH3 is 1. The molecule has 7 heteroatoms. The predicted molar refractivity (Wildman–Crippen MR) is 112 cm³/mol. The summed E-state index contributed by atoms with van der Waals surface area (Å²) in [5, 5.41) is 9.43. The molecule has 152 valence electrons. The summed E-state index contributed by atoms with van der Waals surface area (Å²) in [5.74, 6) is -0.235. The maximum absolute atomic E-state index is 12.9. The maximum Gasteiger partial charge on any atom is 0.315 e. The average Bonchev–Trinajstić information content (AvgIpc) is 3.15. The van der Waals surface area contributed by atoms with Gasteiger partial charge in [-0.25, -0.2) is 4.79 Å². The first-order chi connectivity index (χ1) is 14.2. The molecule has 1 atom stereocenters. The van der Waals surface area contributed by atoms with Crippen molar-refractivity contribution in [1.82, 2.24) is 20.9 Å². The number of amides is 3. The van der Waals surface area contributed by atoms with Crippen LogP contribution in [0.25, 0.3) is 10.9 Å². The first kappa shape index (κ1) is 20.4. The lowest BCUT2D eigenvalue weighted by molar-refractivity contribution is -0.123. The lowest BCUT2D eigenvalue weighted by Gasteiger charge is -2.19. The first-order valence-corrected chi connectivity index (χ1v) is 9.57. The zero-order valence-corrected chi connectivity index (χ0v) is 16.4. The molecule has 2 aromatic carbocycles. The number of hydrogen-bond acceptors (Lipinski definition) is 3. The zero-order chi connectivity index (χ0) is 20.5. The number of carbonyl (C=O) groups is 2. The number of ether oxygens (including phenoxy) is 1. The summed E-state index contributed by atoms with van der Waals surface area (Å²) in [7, 11) is 1.57. The van der Waals surface area contributed by atoms with Crippen LogP contribution in [0.15, 0.2) is 60.8 Å². The highest BCUT2D eigenvalue weighted by Gasteiger charge is 2.22.